The second kappa shape index (κ2) is 6.89. The highest BCUT2D eigenvalue weighted by Crippen LogP contribution is 2.28. The van der Waals surface area contributed by atoms with Crippen LogP contribution < -0.4 is 0 Å². The summed E-state index contributed by atoms with van der Waals surface area (Å²) in [7, 11) is 0. The van der Waals surface area contributed by atoms with Crippen LogP contribution in [0, 0.1) is 0 Å². The number of rotatable bonds is 3. The van der Waals surface area contributed by atoms with E-state index < -0.39 is 0 Å². The third kappa shape index (κ3) is 3.31. The van der Waals surface area contributed by atoms with Crippen molar-refractivity contribution in [2.75, 3.05) is 13.1 Å². The Morgan fingerprint density at radius 2 is 1.80 bits per heavy atom. The van der Waals surface area contributed by atoms with Crippen LogP contribution in [-0.2, 0) is 0 Å². The third-order valence-electron chi connectivity index (χ3n) is 4.70. The summed E-state index contributed by atoms with van der Waals surface area (Å²) in [6, 6.07) is 17.7. The molecule has 1 aliphatic heterocycles. The fraction of sp³-hybridized carbons (Fsp3) is 0.250. The number of hydrogen-bond acceptors (Lipinski definition) is 4. The minimum absolute atomic E-state index is 0.0718. The van der Waals surface area contributed by atoms with Crippen molar-refractivity contribution in [1.82, 2.24) is 15.0 Å². The van der Waals surface area contributed by atoms with E-state index in [1.54, 1.807) is 12.3 Å². The maximum Gasteiger partial charge on any atom is 0.276 e. The summed E-state index contributed by atoms with van der Waals surface area (Å²) in [5, 5.41) is 3.94. The molecule has 0 bridgehead atoms. The standard InChI is InChI=1S/C20H19N3O2/c24-20(18-14-19(25-22-18)17-8-4-5-11-21-17)23-12-9-16(10-13-23)15-6-2-1-3-7-15/h1-8,11,14,16H,9-10,12-13H2. The maximum absolute atomic E-state index is 12.7. The van der Waals surface area contributed by atoms with Gasteiger partial charge in [-0.05, 0) is 36.5 Å². The molecular formula is C20H19N3O2. The molecule has 126 valence electrons. The van der Waals surface area contributed by atoms with Gasteiger partial charge in [-0.2, -0.15) is 0 Å². The third-order valence-corrected chi connectivity index (χ3v) is 4.70. The second-order valence-electron chi connectivity index (χ2n) is 6.27. The van der Waals surface area contributed by atoms with E-state index in [0.717, 1.165) is 25.9 Å². The molecule has 4 rings (SSSR count). The number of pyridine rings is 1. The number of hydrogen-bond donors (Lipinski definition) is 0. The summed E-state index contributed by atoms with van der Waals surface area (Å²) in [6.45, 7) is 1.48. The van der Waals surface area contributed by atoms with Crippen LogP contribution in [0.25, 0.3) is 11.5 Å². The smallest absolute Gasteiger partial charge is 0.276 e. The van der Waals surface area contributed by atoms with Gasteiger partial charge in [0.05, 0.1) is 0 Å². The molecule has 0 spiro atoms. The number of piperidine rings is 1. The molecular weight excluding hydrogens is 314 g/mol. The summed E-state index contributed by atoms with van der Waals surface area (Å²) >= 11 is 0. The van der Waals surface area contributed by atoms with Gasteiger partial charge >= 0.3 is 0 Å². The first-order chi connectivity index (χ1) is 12.3. The number of benzene rings is 1. The van der Waals surface area contributed by atoms with E-state index >= 15 is 0 Å². The van der Waals surface area contributed by atoms with E-state index in [-0.39, 0.29) is 5.91 Å². The minimum atomic E-state index is -0.0718. The second-order valence-corrected chi connectivity index (χ2v) is 6.27. The zero-order valence-electron chi connectivity index (χ0n) is 13.8. The molecule has 1 saturated heterocycles. The van der Waals surface area contributed by atoms with Gasteiger partial charge in [-0.1, -0.05) is 41.6 Å². The molecule has 1 aliphatic rings. The topological polar surface area (TPSA) is 59.2 Å². The Bertz CT molecular complexity index is 838. The normalized spacial score (nSPS) is 15.3. The molecule has 25 heavy (non-hydrogen) atoms. The number of aromatic nitrogens is 2. The Kier molecular flexibility index (Phi) is 4.29. The van der Waals surface area contributed by atoms with Crippen molar-refractivity contribution in [3.05, 3.63) is 72.1 Å². The molecule has 0 unspecified atom stereocenters. The van der Waals surface area contributed by atoms with Crippen molar-refractivity contribution in [3.8, 4) is 11.5 Å². The van der Waals surface area contributed by atoms with E-state index in [2.05, 4.69) is 34.4 Å². The summed E-state index contributed by atoms with van der Waals surface area (Å²) < 4.78 is 5.29. The molecule has 0 N–H and O–H groups in total. The highest BCUT2D eigenvalue weighted by molar-refractivity contribution is 5.93. The van der Waals surface area contributed by atoms with Crippen molar-refractivity contribution in [3.63, 3.8) is 0 Å². The van der Waals surface area contributed by atoms with Crippen molar-refractivity contribution in [2.24, 2.45) is 0 Å². The van der Waals surface area contributed by atoms with E-state index in [1.807, 2.05) is 29.2 Å². The van der Waals surface area contributed by atoms with Crippen LogP contribution in [0.4, 0.5) is 0 Å². The van der Waals surface area contributed by atoms with Gasteiger partial charge < -0.3 is 9.42 Å². The van der Waals surface area contributed by atoms with E-state index in [9.17, 15) is 4.79 Å². The SMILES string of the molecule is O=C(c1cc(-c2ccccn2)on1)N1CCC(c2ccccc2)CC1. The van der Waals surface area contributed by atoms with Crippen molar-refractivity contribution in [2.45, 2.75) is 18.8 Å². The lowest BCUT2D eigenvalue weighted by atomic mass is 9.89. The van der Waals surface area contributed by atoms with Crippen LogP contribution in [-0.4, -0.2) is 34.0 Å². The van der Waals surface area contributed by atoms with Crippen LogP contribution in [0.15, 0.2) is 65.3 Å². The molecule has 0 saturated carbocycles. The number of carbonyl (C=O) groups excluding carboxylic acids is 1. The van der Waals surface area contributed by atoms with Gasteiger partial charge in [-0.25, -0.2) is 0 Å². The zero-order valence-corrected chi connectivity index (χ0v) is 13.8. The Morgan fingerprint density at radius 3 is 2.52 bits per heavy atom. The Morgan fingerprint density at radius 1 is 1.04 bits per heavy atom. The molecule has 1 fully saturated rings. The summed E-state index contributed by atoms with van der Waals surface area (Å²) in [6.07, 6.45) is 3.63. The first-order valence-corrected chi connectivity index (χ1v) is 8.53. The monoisotopic (exact) mass is 333 g/mol. The lowest BCUT2D eigenvalue weighted by Crippen LogP contribution is -2.38. The van der Waals surface area contributed by atoms with E-state index in [1.165, 1.54) is 5.56 Å². The average Bonchev–Trinajstić information content (AvgIpc) is 3.19. The van der Waals surface area contributed by atoms with Gasteiger partial charge in [0.1, 0.15) is 5.69 Å². The van der Waals surface area contributed by atoms with Gasteiger partial charge in [-0.15, -0.1) is 0 Å². The van der Waals surface area contributed by atoms with Gasteiger partial charge in [0.2, 0.25) is 0 Å². The largest absolute Gasteiger partial charge is 0.354 e. The summed E-state index contributed by atoms with van der Waals surface area (Å²) in [5.41, 5.74) is 2.38. The fourth-order valence-corrected chi connectivity index (χ4v) is 3.31. The zero-order chi connectivity index (χ0) is 17.1. The Balaban J connectivity index is 1.42. The number of carbonyl (C=O) groups is 1. The van der Waals surface area contributed by atoms with Gasteiger partial charge in [0, 0.05) is 25.4 Å². The van der Waals surface area contributed by atoms with Crippen LogP contribution in [0.3, 0.4) is 0 Å². The molecule has 5 nitrogen and oxygen atoms in total. The first kappa shape index (κ1) is 15.6. The predicted molar refractivity (Wildman–Crippen MR) is 94.1 cm³/mol. The van der Waals surface area contributed by atoms with Gasteiger partial charge in [0.15, 0.2) is 11.5 Å². The minimum Gasteiger partial charge on any atom is -0.354 e. The number of likely N-dealkylation sites (tertiary alicyclic amines) is 1. The fourth-order valence-electron chi connectivity index (χ4n) is 3.31. The summed E-state index contributed by atoms with van der Waals surface area (Å²) in [4.78, 5) is 18.8. The molecule has 0 radical (unpaired) electrons. The quantitative estimate of drug-likeness (QED) is 0.732. The van der Waals surface area contributed by atoms with Crippen LogP contribution in [0.1, 0.15) is 34.8 Å². The van der Waals surface area contributed by atoms with Crippen molar-refractivity contribution in [1.29, 1.82) is 0 Å². The van der Waals surface area contributed by atoms with Crippen molar-refractivity contribution >= 4 is 5.91 Å². The average molecular weight is 333 g/mol. The van der Waals surface area contributed by atoms with E-state index in [4.69, 9.17) is 4.52 Å². The van der Waals surface area contributed by atoms with Gasteiger partial charge in [0.25, 0.3) is 5.91 Å². The molecule has 3 heterocycles. The molecule has 1 amide bonds. The van der Waals surface area contributed by atoms with Crippen LogP contribution >= 0.6 is 0 Å². The molecule has 3 aromatic rings. The highest BCUT2D eigenvalue weighted by atomic mass is 16.5. The maximum atomic E-state index is 12.7. The lowest BCUT2D eigenvalue weighted by molar-refractivity contribution is 0.0702. The summed E-state index contributed by atoms with van der Waals surface area (Å²) in [5.74, 6) is 0.965. The van der Waals surface area contributed by atoms with Crippen molar-refractivity contribution < 1.29 is 9.32 Å². The predicted octanol–water partition coefficient (Wildman–Crippen LogP) is 3.76. The van der Waals surface area contributed by atoms with Gasteiger partial charge in [-0.3, -0.25) is 9.78 Å². The highest BCUT2D eigenvalue weighted by Gasteiger charge is 2.26. The molecule has 0 atom stereocenters. The molecule has 1 aromatic carbocycles. The lowest BCUT2D eigenvalue weighted by Gasteiger charge is -2.31. The Labute approximate surface area is 146 Å². The molecule has 0 aliphatic carbocycles. The molecule has 2 aromatic heterocycles. The van der Waals surface area contributed by atoms with Crippen LogP contribution in [0.5, 0.6) is 0 Å². The van der Waals surface area contributed by atoms with Crippen LogP contribution in [0.2, 0.25) is 0 Å². The number of amides is 1. The molecule has 5 heteroatoms. The van der Waals surface area contributed by atoms with E-state index in [0.29, 0.717) is 23.1 Å². The Hall–Kier alpha value is -2.95. The first-order valence-electron chi connectivity index (χ1n) is 8.53. The number of nitrogens with zero attached hydrogens (tertiary/aromatic N) is 3.